The maximum atomic E-state index is 8.56. The SMILES string of the molecule is Clc1ccccc1OC1CCNCC1.O=C(O)O. The molecule has 0 unspecified atom stereocenters. The molecule has 1 aliphatic rings. The summed E-state index contributed by atoms with van der Waals surface area (Å²) >= 11 is 6.00. The van der Waals surface area contributed by atoms with Crippen LogP contribution < -0.4 is 10.1 Å². The molecule has 6 heteroatoms. The van der Waals surface area contributed by atoms with Crippen LogP contribution in [-0.4, -0.2) is 35.6 Å². The number of piperidine rings is 1. The van der Waals surface area contributed by atoms with Crippen LogP contribution in [0.1, 0.15) is 12.8 Å². The molecule has 0 saturated carbocycles. The molecule has 1 heterocycles. The minimum Gasteiger partial charge on any atom is -0.489 e. The number of benzene rings is 1. The number of halogens is 1. The lowest BCUT2D eigenvalue weighted by Gasteiger charge is -2.24. The van der Waals surface area contributed by atoms with Crippen molar-refractivity contribution >= 4 is 17.8 Å². The van der Waals surface area contributed by atoms with Crippen molar-refractivity contribution in [1.82, 2.24) is 5.32 Å². The third-order valence-corrected chi connectivity index (χ3v) is 2.73. The highest BCUT2D eigenvalue weighted by Gasteiger charge is 2.15. The number of hydrogen-bond acceptors (Lipinski definition) is 3. The molecule has 1 saturated heterocycles. The van der Waals surface area contributed by atoms with Crippen molar-refractivity contribution < 1.29 is 19.7 Å². The van der Waals surface area contributed by atoms with E-state index in [9.17, 15) is 0 Å². The Morgan fingerprint density at radius 2 is 1.83 bits per heavy atom. The number of carboxylic acid groups (broad SMARTS) is 2. The predicted molar refractivity (Wildman–Crippen MR) is 68.6 cm³/mol. The van der Waals surface area contributed by atoms with Crippen LogP contribution in [0.3, 0.4) is 0 Å². The van der Waals surface area contributed by atoms with Gasteiger partial charge >= 0.3 is 6.16 Å². The Morgan fingerprint density at radius 3 is 2.39 bits per heavy atom. The predicted octanol–water partition coefficient (Wildman–Crippen LogP) is 2.69. The van der Waals surface area contributed by atoms with Crippen LogP contribution >= 0.6 is 11.6 Å². The zero-order valence-electron chi connectivity index (χ0n) is 9.80. The quantitative estimate of drug-likeness (QED) is 0.772. The minimum atomic E-state index is -1.83. The summed E-state index contributed by atoms with van der Waals surface area (Å²) in [5, 5.41) is 17.9. The van der Waals surface area contributed by atoms with Gasteiger partial charge in [0.15, 0.2) is 0 Å². The van der Waals surface area contributed by atoms with Crippen molar-refractivity contribution in [3.63, 3.8) is 0 Å². The molecule has 1 aromatic carbocycles. The molecular weight excluding hydrogens is 258 g/mol. The van der Waals surface area contributed by atoms with Gasteiger partial charge in [-0.3, -0.25) is 0 Å². The first-order chi connectivity index (χ1) is 8.59. The molecule has 1 aromatic rings. The van der Waals surface area contributed by atoms with Crippen molar-refractivity contribution in [3.05, 3.63) is 29.3 Å². The van der Waals surface area contributed by atoms with Gasteiger partial charge in [0, 0.05) is 0 Å². The largest absolute Gasteiger partial charge is 0.503 e. The summed E-state index contributed by atoms with van der Waals surface area (Å²) in [5.74, 6) is 0.807. The van der Waals surface area contributed by atoms with Crippen LogP contribution in [0.25, 0.3) is 0 Å². The normalized spacial score (nSPS) is 15.4. The van der Waals surface area contributed by atoms with Gasteiger partial charge in [-0.05, 0) is 38.1 Å². The summed E-state index contributed by atoms with van der Waals surface area (Å²) in [7, 11) is 0. The fourth-order valence-corrected chi connectivity index (χ4v) is 1.81. The Bertz CT molecular complexity index is 376. The molecule has 0 aliphatic carbocycles. The highest BCUT2D eigenvalue weighted by Crippen LogP contribution is 2.25. The van der Waals surface area contributed by atoms with Gasteiger partial charge in [-0.25, -0.2) is 4.79 Å². The second kappa shape index (κ2) is 7.79. The van der Waals surface area contributed by atoms with Gasteiger partial charge in [0.25, 0.3) is 0 Å². The summed E-state index contributed by atoms with van der Waals surface area (Å²) in [6.07, 6.45) is 0.604. The Kier molecular flexibility index (Phi) is 6.32. The van der Waals surface area contributed by atoms with E-state index in [4.69, 9.17) is 31.3 Å². The molecule has 0 bridgehead atoms. The topological polar surface area (TPSA) is 78.8 Å². The van der Waals surface area contributed by atoms with Crippen molar-refractivity contribution in [3.8, 4) is 5.75 Å². The molecule has 0 amide bonds. The summed E-state index contributed by atoms with van der Waals surface area (Å²) in [4.78, 5) is 8.56. The van der Waals surface area contributed by atoms with E-state index in [1.165, 1.54) is 0 Å². The third-order valence-electron chi connectivity index (χ3n) is 2.42. The Balaban J connectivity index is 0.000000357. The van der Waals surface area contributed by atoms with Crippen molar-refractivity contribution in [2.75, 3.05) is 13.1 Å². The molecule has 0 radical (unpaired) electrons. The first-order valence-corrected chi connectivity index (χ1v) is 6.01. The zero-order chi connectivity index (χ0) is 13.4. The van der Waals surface area contributed by atoms with Gasteiger partial charge in [-0.1, -0.05) is 23.7 Å². The summed E-state index contributed by atoms with van der Waals surface area (Å²) in [6, 6.07) is 7.64. The molecule has 0 spiro atoms. The van der Waals surface area contributed by atoms with Gasteiger partial charge in [0.05, 0.1) is 5.02 Å². The minimum absolute atomic E-state index is 0.316. The van der Waals surface area contributed by atoms with Crippen LogP contribution in [0.4, 0.5) is 4.79 Å². The van der Waals surface area contributed by atoms with E-state index in [-0.39, 0.29) is 0 Å². The second-order valence-electron chi connectivity index (χ2n) is 3.78. The average Bonchev–Trinajstić information content (AvgIpc) is 2.33. The fraction of sp³-hybridized carbons (Fsp3) is 0.417. The molecule has 2 rings (SSSR count). The monoisotopic (exact) mass is 273 g/mol. The van der Waals surface area contributed by atoms with E-state index >= 15 is 0 Å². The Hall–Kier alpha value is -1.46. The van der Waals surface area contributed by atoms with Gasteiger partial charge in [-0.2, -0.15) is 0 Å². The first-order valence-electron chi connectivity index (χ1n) is 5.63. The average molecular weight is 274 g/mol. The number of nitrogens with one attached hydrogen (secondary N) is 1. The van der Waals surface area contributed by atoms with E-state index in [0.29, 0.717) is 11.1 Å². The second-order valence-corrected chi connectivity index (χ2v) is 4.19. The van der Waals surface area contributed by atoms with Crippen LogP contribution in [-0.2, 0) is 0 Å². The lowest BCUT2D eigenvalue weighted by Crippen LogP contribution is -2.34. The van der Waals surface area contributed by atoms with Crippen LogP contribution in [0.2, 0.25) is 5.02 Å². The molecule has 5 nitrogen and oxygen atoms in total. The van der Waals surface area contributed by atoms with E-state index in [2.05, 4.69) is 5.32 Å². The maximum Gasteiger partial charge on any atom is 0.503 e. The summed E-state index contributed by atoms with van der Waals surface area (Å²) in [6.45, 7) is 2.07. The standard InChI is InChI=1S/C11H14ClNO.CH2O3/c12-10-3-1-2-4-11(10)14-9-5-7-13-8-6-9;2-1(3)4/h1-4,9,13H,5-8H2;(H2,2,3,4). The number of para-hydroxylation sites is 1. The van der Waals surface area contributed by atoms with Crippen LogP contribution in [0, 0.1) is 0 Å². The third kappa shape index (κ3) is 5.75. The zero-order valence-corrected chi connectivity index (χ0v) is 10.6. The van der Waals surface area contributed by atoms with Crippen molar-refractivity contribution in [1.29, 1.82) is 0 Å². The van der Waals surface area contributed by atoms with Crippen LogP contribution in [0.15, 0.2) is 24.3 Å². The van der Waals surface area contributed by atoms with E-state index in [1.807, 2.05) is 24.3 Å². The maximum absolute atomic E-state index is 8.56. The van der Waals surface area contributed by atoms with E-state index in [0.717, 1.165) is 31.7 Å². The number of ether oxygens (including phenoxy) is 1. The highest BCUT2D eigenvalue weighted by atomic mass is 35.5. The number of rotatable bonds is 2. The lowest BCUT2D eigenvalue weighted by atomic mass is 10.1. The van der Waals surface area contributed by atoms with Gasteiger partial charge in [0.1, 0.15) is 11.9 Å². The van der Waals surface area contributed by atoms with Gasteiger partial charge in [0.2, 0.25) is 0 Å². The Labute approximate surface area is 110 Å². The van der Waals surface area contributed by atoms with Crippen molar-refractivity contribution in [2.45, 2.75) is 18.9 Å². The summed E-state index contributed by atoms with van der Waals surface area (Å²) in [5.41, 5.74) is 0. The molecule has 1 aliphatic heterocycles. The Morgan fingerprint density at radius 1 is 1.28 bits per heavy atom. The smallest absolute Gasteiger partial charge is 0.489 e. The highest BCUT2D eigenvalue weighted by molar-refractivity contribution is 6.32. The van der Waals surface area contributed by atoms with E-state index in [1.54, 1.807) is 0 Å². The summed E-state index contributed by atoms with van der Waals surface area (Å²) < 4.78 is 5.81. The molecule has 0 atom stereocenters. The lowest BCUT2D eigenvalue weighted by molar-refractivity contribution is 0.137. The first kappa shape index (κ1) is 14.6. The molecule has 3 N–H and O–H groups in total. The van der Waals surface area contributed by atoms with Crippen LogP contribution in [0.5, 0.6) is 5.75 Å². The molecule has 100 valence electrons. The van der Waals surface area contributed by atoms with Gasteiger partial charge < -0.3 is 20.3 Å². The molecule has 18 heavy (non-hydrogen) atoms. The van der Waals surface area contributed by atoms with E-state index < -0.39 is 6.16 Å². The van der Waals surface area contributed by atoms with Crippen molar-refractivity contribution in [2.24, 2.45) is 0 Å². The van der Waals surface area contributed by atoms with Gasteiger partial charge in [-0.15, -0.1) is 0 Å². The number of carbonyl (C=O) groups is 1. The molecule has 0 aromatic heterocycles. The fourth-order valence-electron chi connectivity index (χ4n) is 1.63. The molecular formula is C12H16ClNO4. The molecule has 1 fully saturated rings. The number of hydrogen-bond donors (Lipinski definition) is 3.